The first-order valence-electron chi connectivity index (χ1n) is 5.51. The Balaban J connectivity index is 2.47. The summed E-state index contributed by atoms with van der Waals surface area (Å²) in [5, 5.41) is 4.77. The molecule has 16 heavy (non-hydrogen) atoms. The number of halogens is 2. The molecule has 1 aliphatic heterocycles. The van der Waals surface area contributed by atoms with Crippen LogP contribution in [0, 0.1) is 0 Å². The van der Waals surface area contributed by atoms with Gasteiger partial charge >= 0.3 is 0 Å². The number of hydrogen-bond acceptors (Lipinski definition) is 2. The average Bonchev–Trinajstić information content (AvgIpc) is 2.23. The van der Waals surface area contributed by atoms with Crippen molar-refractivity contribution in [3.63, 3.8) is 0 Å². The Morgan fingerprint density at radius 1 is 1.38 bits per heavy atom. The summed E-state index contributed by atoms with van der Waals surface area (Å²) < 4.78 is 5.76. The van der Waals surface area contributed by atoms with Crippen molar-refractivity contribution in [2.45, 2.75) is 32.4 Å². The van der Waals surface area contributed by atoms with Gasteiger partial charge < -0.3 is 10.1 Å². The van der Waals surface area contributed by atoms with Crippen molar-refractivity contribution in [3.05, 3.63) is 27.7 Å². The summed E-state index contributed by atoms with van der Waals surface area (Å²) in [5.74, 6) is 0.735. The van der Waals surface area contributed by atoms with Crippen molar-refractivity contribution in [2.75, 3.05) is 6.54 Å². The van der Waals surface area contributed by atoms with Gasteiger partial charge in [0.15, 0.2) is 0 Å². The minimum absolute atomic E-state index is 0.160. The predicted octanol–water partition coefficient (Wildman–Crippen LogP) is 3.82. The second-order valence-electron chi connectivity index (χ2n) is 4.05. The molecule has 0 radical (unpaired) electrons. The van der Waals surface area contributed by atoms with Crippen LogP contribution in [0.2, 0.25) is 10.0 Å². The van der Waals surface area contributed by atoms with E-state index in [0.29, 0.717) is 5.02 Å². The standard InChI is InChI=1S/C12H15Cl2NO/c1-3-15-10-6-7(2)16-12-9(14)5-4-8(13)11(10)12/h4-5,7,10,15H,3,6H2,1-2H3. The minimum Gasteiger partial charge on any atom is -0.489 e. The number of hydrogen-bond donors (Lipinski definition) is 1. The fourth-order valence-electron chi connectivity index (χ4n) is 2.12. The van der Waals surface area contributed by atoms with Crippen LogP contribution in [0.15, 0.2) is 12.1 Å². The zero-order valence-electron chi connectivity index (χ0n) is 9.39. The fourth-order valence-corrected chi connectivity index (χ4v) is 2.61. The molecule has 0 amide bonds. The van der Waals surface area contributed by atoms with Gasteiger partial charge in [-0.05, 0) is 25.6 Å². The lowest BCUT2D eigenvalue weighted by molar-refractivity contribution is 0.167. The third-order valence-electron chi connectivity index (χ3n) is 2.78. The van der Waals surface area contributed by atoms with E-state index in [0.717, 1.165) is 29.3 Å². The molecule has 2 unspecified atom stereocenters. The number of ether oxygens (including phenoxy) is 1. The van der Waals surface area contributed by atoms with E-state index in [4.69, 9.17) is 27.9 Å². The average molecular weight is 260 g/mol. The highest BCUT2D eigenvalue weighted by molar-refractivity contribution is 6.35. The third-order valence-corrected chi connectivity index (χ3v) is 3.41. The van der Waals surface area contributed by atoms with E-state index in [2.05, 4.69) is 12.2 Å². The second-order valence-corrected chi connectivity index (χ2v) is 4.86. The number of rotatable bonds is 2. The molecule has 1 N–H and O–H groups in total. The lowest BCUT2D eigenvalue weighted by Crippen LogP contribution is -2.31. The minimum atomic E-state index is 0.160. The van der Waals surface area contributed by atoms with Gasteiger partial charge in [-0.1, -0.05) is 30.1 Å². The summed E-state index contributed by atoms with van der Waals surface area (Å²) in [6, 6.07) is 3.84. The van der Waals surface area contributed by atoms with Gasteiger partial charge in [-0.2, -0.15) is 0 Å². The van der Waals surface area contributed by atoms with Gasteiger partial charge in [0.2, 0.25) is 0 Å². The molecule has 1 aliphatic rings. The fraction of sp³-hybridized carbons (Fsp3) is 0.500. The lowest BCUT2D eigenvalue weighted by Gasteiger charge is -2.32. The van der Waals surface area contributed by atoms with Crippen LogP contribution in [-0.2, 0) is 0 Å². The molecule has 0 aliphatic carbocycles. The van der Waals surface area contributed by atoms with Crippen LogP contribution in [0.3, 0.4) is 0 Å². The van der Waals surface area contributed by atoms with Crippen molar-refractivity contribution < 1.29 is 4.74 Å². The molecule has 0 saturated heterocycles. The Bertz CT molecular complexity index is 395. The SMILES string of the molecule is CCNC1CC(C)Oc2c(Cl)ccc(Cl)c21. The molecule has 2 rings (SSSR count). The molecule has 0 bridgehead atoms. The molecule has 4 heteroatoms. The van der Waals surface area contributed by atoms with Crippen LogP contribution in [-0.4, -0.2) is 12.6 Å². The van der Waals surface area contributed by atoms with Gasteiger partial charge in [0, 0.05) is 23.0 Å². The summed E-state index contributed by atoms with van der Waals surface area (Å²) in [6.45, 7) is 5.03. The Hall–Kier alpha value is -0.440. The van der Waals surface area contributed by atoms with Crippen molar-refractivity contribution >= 4 is 23.2 Å². The molecule has 2 atom stereocenters. The van der Waals surface area contributed by atoms with Gasteiger partial charge in [-0.25, -0.2) is 0 Å². The van der Waals surface area contributed by atoms with Crippen LogP contribution >= 0.6 is 23.2 Å². The first-order chi connectivity index (χ1) is 7.63. The quantitative estimate of drug-likeness (QED) is 0.872. The van der Waals surface area contributed by atoms with Crippen LogP contribution in [0.5, 0.6) is 5.75 Å². The Labute approximate surface area is 106 Å². The van der Waals surface area contributed by atoms with Gasteiger partial charge in [0.1, 0.15) is 5.75 Å². The number of nitrogens with one attached hydrogen (secondary N) is 1. The smallest absolute Gasteiger partial charge is 0.144 e. The molecule has 0 fully saturated rings. The van der Waals surface area contributed by atoms with Crippen molar-refractivity contribution in [1.82, 2.24) is 5.32 Å². The van der Waals surface area contributed by atoms with E-state index in [-0.39, 0.29) is 12.1 Å². The Morgan fingerprint density at radius 2 is 2.06 bits per heavy atom. The molecule has 88 valence electrons. The molecule has 0 spiro atoms. The zero-order chi connectivity index (χ0) is 11.7. The van der Waals surface area contributed by atoms with Crippen LogP contribution in [0.4, 0.5) is 0 Å². The van der Waals surface area contributed by atoms with E-state index in [1.54, 1.807) is 6.07 Å². The lowest BCUT2D eigenvalue weighted by atomic mass is 9.97. The topological polar surface area (TPSA) is 21.3 Å². The maximum absolute atomic E-state index is 6.21. The van der Waals surface area contributed by atoms with E-state index in [1.807, 2.05) is 13.0 Å². The summed E-state index contributed by atoms with van der Waals surface area (Å²) in [6.07, 6.45) is 1.08. The summed E-state index contributed by atoms with van der Waals surface area (Å²) in [4.78, 5) is 0. The third kappa shape index (κ3) is 2.15. The monoisotopic (exact) mass is 259 g/mol. The van der Waals surface area contributed by atoms with E-state index < -0.39 is 0 Å². The highest BCUT2D eigenvalue weighted by Crippen LogP contribution is 2.43. The molecule has 0 aromatic heterocycles. The zero-order valence-corrected chi connectivity index (χ0v) is 10.9. The molecule has 1 heterocycles. The number of benzene rings is 1. The first-order valence-corrected chi connectivity index (χ1v) is 6.27. The Kier molecular flexibility index (Phi) is 3.63. The summed E-state index contributed by atoms with van der Waals surface area (Å²) in [5.41, 5.74) is 0.995. The van der Waals surface area contributed by atoms with Gasteiger partial charge in [0.25, 0.3) is 0 Å². The van der Waals surface area contributed by atoms with Crippen LogP contribution in [0.1, 0.15) is 31.9 Å². The number of fused-ring (bicyclic) bond motifs is 1. The first kappa shape index (κ1) is 12.0. The second kappa shape index (κ2) is 4.82. The predicted molar refractivity (Wildman–Crippen MR) is 67.6 cm³/mol. The molecule has 0 saturated carbocycles. The summed E-state index contributed by atoms with van der Waals surface area (Å²) >= 11 is 12.3. The molecule has 2 nitrogen and oxygen atoms in total. The molecule has 1 aromatic carbocycles. The van der Waals surface area contributed by atoms with Gasteiger partial charge in [0.05, 0.1) is 11.1 Å². The van der Waals surface area contributed by atoms with E-state index in [9.17, 15) is 0 Å². The molecular weight excluding hydrogens is 245 g/mol. The summed E-state index contributed by atoms with van der Waals surface area (Å²) in [7, 11) is 0. The van der Waals surface area contributed by atoms with Crippen molar-refractivity contribution in [1.29, 1.82) is 0 Å². The Morgan fingerprint density at radius 3 is 2.75 bits per heavy atom. The van der Waals surface area contributed by atoms with E-state index >= 15 is 0 Å². The highest BCUT2D eigenvalue weighted by atomic mass is 35.5. The maximum atomic E-state index is 6.21. The van der Waals surface area contributed by atoms with E-state index in [1.165, 1.54) is 0 Å². The largest absolute Gasteiger partial charge is 0.489 e. The maximum Gasteiger partial charge on any atom is 0.144 e. The molecule has 1 aromatic rings. The van der Waals surface area contributed by atoms with Crippen molar-refractivity contribution in [2.24, 2.45) is 0 Å². The van der Waals surface area contributed by atoms with Gasteiger partial charge in [-0.15, -0.1) is 0 Å². The highest BCUT2D eigenvalue weighted by Gasteiger charge is 2.29. The van der Waals surface area contributed by atoms with Gasteiger partial charge in [-0.3, -0.25) is 0 Å². The van der Waals surface area contributed by atoms with Crippen molar-refractivity contribution in [3.8, 4) is 5.75 Å². The van der Waals surface area contributed by atoms with Crippen LogP contribution < -0.4 is 10.1 Å². The van der Waals surface area contributed by atoms with Crippen LogP contribution in [0.25, 0.3) is 0 Å². The molecular formula is C12H15Cl2NO. The normalized spacial score (nSPS) is 23.8.